The average Bonchev–Trinajstić information content (AvgIpc) is 2.30. The number of nitrogens with zero attached hydrogens (tertiary/aromatic N) is 4. The highest BCUT2D eigenvalue weighted by Crippen LogP contribution is 2.20. The summed E-state index contributed by atoms with van der Waals surface area (Å²) in [4.78, 5) is 13.0. The predicted octanol–water partition coefficient (Wildman–Crippen LogP) is 0.837. The number of anilines is 2. The number of piperidine rings is 1. The van der Waals surface area contributed by atoms with E-state index in [0.29, 0.717) is 5.69 Å². The van der Waals surface area contributed by atoms with Gasteiger partial charge in [0.2, 0.25) is 5.95 Å². The van der Waals surface area contributed by atoms with Gasteiger partial charge in [-0.25, -0.2) is 9.97 Å². The van der Waals surface area contributed by atoms with Crippen LogP contribution in [0.15, 0.2) is 12.4 Å². The molecule has 0 unspecified atom stereocenters. The van der Waals surface area contributed by atoms with Crippen molar-refractivity contribution in [3.05, 3.63) is 12.4 Å². The summed E-state index contributed by atoms with van der Waals surface area (Å²) in [5.74, 6) is 1.61. The smallest absolute Gasteiger partial charge is 0.225 e. The lowest BCUT2D eigenvalue weighted by Crippen LogP contribution is -2.37. The second-order valence-corrected chi connectivity index (χ2v) is 5.01. The van der Waals surface area contributed by atoms with Crippen LogP contribution in [0.25, 0.3) is 0 Å². The topological polar surface area (TPSA) is 58.3 Å². The summed E-state index contributed by atoms with van der Waals surface area (Å²) in [5, 5.41) is 0. The van der Waals surface area contributed by atoms with E-state index in [9.17, 15) is 0 Å². The number of nitrogens with two attached hydrogens (primary N) is 1. The first-order chi connectivity index (χ1) is 8.15. The Kier molecular flexibility index (Phi) is 3.78. The Morgan fingerprint density at radius 3 is 2.41 bits per heavy atom. The zero-order chi connectivity index (χ0) is 12.3. The van der Waals surface area contributed by atoms with Gasteiger partial charge in [0, 0.05) is 19.6 Å². The molecule has 0 amide bonds. The van der Waals surface area contributed by atoms with Crippen LogP contribution in [0.4, 0.5) is 11.6 Å². The van der Waals surface area contributed by atoms with E-state index >= 15 is 0 Å². The highest BCUT2D eigenvalue weighted by atomic mass is 15.3. The molecular formula is C12H21N5. The number of nitrogen functional groups attached to an aromatic ring is 1. The second kappa shape index (κ2) is 5.31. The number of aromatic nitrogens is 2. The number of hydrogen-bond donors (Lipinski definition) is 1. The lowest BCUT2D eigenvalue weighted by atomic mass is 9.97. The van der Waals surface area contributed by atoms with Gasteiger partial charge < -0.3 is 15.5 Å². The molecule has 1 aromatic heterocycles. The first-order valence-corrected chi connectivity index (χ1v) is 6.12. The standard InChI is InChI=1S/C12H21N5/c1-16(2)9-10-3-5-17(6-4-10)12-14-7-11(13)8-15-12/h7-8,10H,3-6,9,13H2,1-2H3. The van der Waals surface area contributed by atoms with Crippen LogP contribution in [0.5, 0.6) is 0 Å². The molecule has 2 heterocycles. The molecule has 2 N–H and O–H groups in total. The van der Waals surface area contributed by atoms with Gasteiger partial charge in [-0.15, -0.1) is 0 Å². The van der Waals surface area contributed by atoms with Gasteiger partial charge in [0.15, 0.2) is 0 Å². The largest absolute Gasteiger partial charge is 0.396 e. The Labute approximate surface area is 103 Å². The third-order valence-corrected chi connectivity index (χ3v) is 3.18. The Hall–Kier alpha value is -1.36. The van der Waals surface area contributed by atoms with Gasteiger partial charge in [-0.3, -0.25) is 0 Å². The minimum Gasteiger partial charge on any atom is -0.396 e. The maximum absolute atomic E-state index is 5.58. The summed E-state index contributed by atoms with van der Waals surface area (Å²) < 4.78 is 0. The highest BCUT2D eigenvalue weighted by molar-refractivity contribution is 5.38. The molecule has 1 fully saturated rings. The van der Waals surface area contributed by atoms with Crippen LogP contribution in [-0.4, -0.2) is 48.6 Å². The zero-order valence-electron chi connectivity index (χ0n) is 10.6. The van der Waals surface area contributed by atoms with Crippen LogP contribution < -0.4 is 10.6 Å². The molecule has 0 aromatic carbocycles. The minimum absolute atomic E-state index is 0.622. The molecule has 0 aliphatic carbocycles. The molecule has 1 saturated heterocycles. The van der Waals surface area contributed by atoms with E-state index in [2.05, 4.69) is 33.9 Å². The van der Waals surface area contributed by atoms with Gasteiger partial charge in [-0.1, -0.05) is 0 Å². The molecule has 1 aromatic rings. The van der Waals surface area contributed by atoms with E-state index in [4.69, 9.17) is 5.73 Å². The lowest BCUT2D eigenvalue weighted by Gasteiger charge is -2.33. The lowest BCUT2D eigenvalue weighted by molar-refractivity contribution is 0.284. The average molecular weight is 235 g/mol. The summed E-state index contributed by atoms with van der Waals surface area (Å²) in [6.45, 7) is 3.27. The molecular weight excluding hydrogens is 214 g/mol. The molecule has 94 valence electrons. The quantitative estimate of drug-likeness (QED) is 0.841. The SMILES string of the molecule is CN(C)CC1CCN(c2ncc(N)cn2)CC1. The number of hydrogen-bond acceptors (Lipinski definition) is 5. The van der Waals surface area contributed by atoms with Crippen molar-refractivity contribution < 1.29 is 0 Å². The van der Waals surface area contributed by atoms with E-state index < -0.39 is 0 Å². The molecule has 2 rings (SSSR count). The molecule has 17 heavy (non-hydrogen) atoms. The fourth-order valence-corrected chi connectivity index (χ4v) is 2.33. The first kappa shape index (κ1) is 12.1. The Balaban J connectivity index is 1.88. The molecule has 0 atom stereocenters. The van der Waals surface area contributed by atoms with Crippen LogP contribution in [-0.2, 0) is 0 Å². The number of rotatable bonds is 3. The fourth-order valence-electron chi connectivity index (χ4n) is 2.33. The van der Waals surface area contributed by atoms with Crippen LogP contribution in [0.3, 0.4) is 0 Å². The minimum atomic E-state index is 0.622. The van der Waals surface area contributed by atoms with Gasteiger partial charge in [-0.2, -0.15) is 0 Å². The molecule has 0 spiro atoms. The van der Waals surface area contributed by atoms with Gasteiger partial charge >= 0.3 is 0 Å². The molecule has 0 saturated carbocycles. The second-order valence-electron chi connectivity index (χ2n) is 5.01. The van der Waals surface area contributed by atoms with E-state index in [1.165, 1.54) is 19.4 Å². The predicted molar refractivity (Wildman–Crippen MR) is 69.9 cm³/mol. The van der Waals surface area contributed by atoms with Crippen molar-refractivity contribution >= 4 is 11.6 Å². The third kappa shape index (κ3) is 3.30. The van der Waals surface area contributed by atoms with E-state index in [-0.39, 0.29) is 0 Å². The highest BCUT2D eigenvalue weighted by Gasteiger charge is 2.21. The van der Waals surface area contributed by atoms with Crippen molar-refractivity contribution in [2.75, 3.05) is 44.4 Å². The van der Waals surface area contributed by atoms with Gasteiger partial charge in [0.1, 0.15) is 0 Å². The maximum atomic E-state index is 5.58. The van der Waals surface area contributed by atoms with Crippen LogP contribution in [0.2, 0.25) is 0 Å². The van der Waals surface area contributed by atoms with Gasteiger partial charge in [0.05, 0.1) is 18.1 Å². The van der Waals surface area contributed by atoms with Crippen molar-refractivity contribution in [2.24, 2.45) is 5.92 Å². The summed E-state index contributed by atoms with van der Waals surface area (Å²) in [6, 6.07) is 0. The molecule has 1 aliphatic heterocycles. The van der Waals surface area contributed by atoms with Crippen molar-refractivity contribution in [2.45, 2.75) is 12.8 Å². The van der Waals surface area contributed by atoms with Crippen molar-refractivity contribution in [1.29, 1.82) is 0 Å². The molecule has 5 nitrogen and oxygen atoms in total. The summed E-state index contributed by atoms with van der Waals surface area (Å²) in [5.41, 5.74) is 6.21. The molecule has 1 aliphatic rings. The summed E-state index contributed by atoms with van der Waals surface area (Å²) in [7, 11) is 4.27. The first-order valence-electron chi connectivity index (χ1n) is 6.12. The van der Waals surface area contributed by atoms with Crippen LogP contribution in [0.1, 0.15) is 12.8 Å². The normalized spacial score (nSPS) is 17.7. The van der Waals surface area contributed by atoms with Crippen LogP contribution in [0, 0.1) is 5.92 Å². The Bertz CT molecular complexity index is 340. The molecule has 0 radical (unpaired) electrons. The monoisotopic (exact) mass is 235 g/mol. The maximum Gasteiger partial charge on any atom is 0.225 e. The third-order valence-electron chi connectivity index (χ3n) is 3.18. The van der Waals surface area contributed by atoms with Gasteiger partial charge in [-0.05, 0) is 32.9 Å². The van der Waals surface area contributed by atoms with Crippen molar-refractivity contribution in [1.82, 2.24) is 14.9 Å². The zero-order valence-corrected chi connectivity index (χ0v) is 10.6. The van der Waals surface area contributed by atoms with Crippen LogP contribution >= 0.6 is 0 Å². The molecule has 5 heteroatoms. The van der Waals surface area contributed by atoms with E-state index in [0.717, 1.165) is 25.0 Å². The summed E-state index contributed by atoms with van der Waals surface area (Å²) in [6.07, 6.45) is 5.78. The van der Waals surface area contributed by atoms with Crippen molar-refractivity contribution in [3.63, 3.8) is 0 Å². The molecule has 0 bridgehead atoms. The van der Waals surface area contributed by atoms with Gasteiger partial charge in [0.25, 0.3) is 0 Å². The van der Waals surface area contributed by atoms with E-state index in [1.54, 1.807) is 12.4 Å². The Morgan fingerprint density at radius 1 is 1.29 bits per heavy atom. The van der Waals surface area contributed by atoms with Crippen molar-refractivity contribution in [3.8, 4) is 0 Å². The van der Waals surface area contributed by atoms with E-state index in [1.807, 2.05) is 0 Å². The Morgan fingerprint density at radius 2 is 1.88 bits per heavy atom. The fraction of sp³-hybridized carbons (Fsp3) is 0.667. The summed E-state index contributed by atoms with van der Waals surface area (Å²) >= 11 is 0.